The standard InChI is InChI=1S/C39H43F2N5O9S/c1-20(2)56(52,53)33-25-14-26(16-30(33)41)43-36(48)54-19-22(4)27-10-9-24(13-21(27)3)32(35(47)45(8)18-25)44-31-15-23-11-12-42-34(28(23)17-29(31)40)46(37(49)50)38(51)55-39(5,6)7/h9-17,20,22,32,44H,18-19H2,1-8H3,(H,43,48)(H,49,50)/t22-,32+/m0/s1. The van der Waals surface area contributed by atoms with Gasteiger partial charge in [-0.2, -0.15) is 4.90 Å². The van der Waals surface area contributed by atoms with E-state index in [0.717, 1.165) is 28.2 Å². The molecule has 4 amide bonds. The number of likely N-dealkylation sites (N-methyl/N-ethyl adjacent to an activating group) is 1. The molecule has 2 aliphatic heterocycles. The van der Waals surface area contributed by atoms with Gasteiger partial charge in [0.25, 0.3) is 0 Å². The van der Waals surface area contributed by atoms with Crippen LogP contribution < -0.4 is 15.5 Å². The monoisotopic (exact) mass is 795 g/mol. The van der Waals surface area contributed by atoms with Gasteiger partial charge in [0.05, 0.1) is 17.5 Å². The molecule has 0 saturated carbocycles. The average Bonchev–Trinajstić information content (AvgIpc) is 3.08. The van der Waals surface area contributed by atoms with E-state index in [2.05, 4.69) is 15.6 Å². The molecule has 0 fully saturated rings. The summed E-state index contributed by atoms with van der Waals surface area (Å²) in [6.07, 6.45) is -2.61. The van der Waals surface area contributed by atoms with Crippen molar-refractivity contribution < 1.29 is 51.0 Å². The predicted octanol–water partition coefficient (Wildman–Crippen LogP) is 7.90. The normalized spacial score (nSPS) is 16.7. The van der Waals surface area contributed by atoms with Crippen molar-refractivity contribution in [3.05, 3.63) is 88.6 Å². The molecule has 14 nitrogen and oxygen atoms in total. The Labute approximate surface area is 322 Å². The lowest BCUT2D eigenvalue weighted by molar-refractivity contribution is -0.131. The van der Waals surface area contributed by atoms with E-state index >= 15 is 8.78 Å². The topological polar surface area (TPSA) is 185 Å². The number of halogens is 2. The second-order valence-corrected chi connectivity index (χ2v) is 17.3. The number of imide groups is 1. The van der Waals surface area contributed by atoms with E-state index in [4.69, 9.17) is 9.47 Å². The van der Waals surface area contributed by atoms with Gasteiger partial charge in [-0.15, -0.1) is 0 Å². The summed E-state index contributed by atoms with van der Waals surface area (Å²) in [7, 11) is -2.88. The first kappa shape index (κ1) is 41.3. The lowest BCUT2D eigenvalue weighted by Crippen LogP contribution is -2.40. The van der Waals surface area contributed by atoms with Crippen molar-refractivity contribution in [1.29, 1.82) is 0 Å². The summed E-state index contributed by atoms with van der Waals surface area (Å²) < 4.78 is 69.4. The van der Waals surface area contributed by atoms with Gasteiger partial charge in [-0.3, -0.25) is 10.1 Å². The van der Waals surface area contributed by atoms with Crippen LogP contribution in [-0.4, -0.2) is 72.1 Å². The van der Waals surface area contributed by atoms with E-state index in [9.17, 15) is 32.7 Å². The van der Waals surface area contributed by atoms with Crippen LogP contribution in [0.3, 0.4) is 0 Å². The number of hydrogen-bond donors (Lipinski definition) is 3. The summed E-state index contributed by atoms with van der Waals surface area (Å²) in [5, 5.41) is 14.5. The Morgan fingerprint density at radius 3 is 2.41 bits per heavy atom. The van der Waals surface area contributed by atoms with Crippen molar-refractivity contribution in [1.82, 2.24) is 9.88 Å². The second kappa shape index (κ2) is 15.7. The smallest absolute Gasteiger partial charge is 0.425 e. The van der Waals surface area contributed by atoms with Crippen LogP contribution in [0.15, 0.2) is 59.6 Å². The molecule has 4 aromatic rings. The molecule has 2 atom stereocenters. The third kappa shape index (κ3) is 8.67. The van der Waals surface area contributed by atoms with E-state index in [1.165, 1.54) is 45.3 Å². The highest BCUT2D eigenvalue weighted by atomic mass is 32.2. The molecule has 298 valence electrons. The van der Waals surface area contributed by atoms with Gasteiger partial charge < -0.3 is 24.8 Å². The molecular weight excluding hydrogens is 753 g/mol. The first-order valence-electron chi connectivity index (χ1n) is 17.5. The van der Waals surface area contributed by atoms with E-state index in [0.29, 0.717) is 5.56 Å². The molecule has 0 radical (unpaired) electrons. The summed E-state index contributed by atoms with van der Waals surface area (Å²) in [6, 6.07) is 9.69. The minimum Gasteiger partial charge on any atom is -0.464 e. The van der Waals surface area contributed by atoms with Gasteiger partial charge in [0.2, 0.25) is 5.91 Å². The number of pyridine rings is 1. The Bertz CT molecular complexity index is 2350. The van der Waals surface area contributed by atoms with Crippen LogP contribution in [0.2, 0.25) is 0 Å². The van der Waals surface area contributed by atoms with E-state index in [1.54, 1.807) is 45.9 Å². The summed E-state index contributed by atoms with van der Waals surface area (Å²) in [5.74, 6) is -3.47. The summed E-state index contributed by atoms with van der Waals surface area (Å²) in [6.45, 7) is 10.5. The fraction of sp³-hybridized carbons (Fsp3) is 0.359. The molecule has 0 saturated heterocycles. The Hall–Kier alpha value is -5.84. The molecule has 3 aromatic carbocycles. The van der Waals surface area contributed by atoms with Gasteiger partial charge in [-0.1, -0.05) is 25.1 Å². The maximum atomic E-state index is 16.2. The lowest BCUT2D eigenvalue weighted by Gasteiger charge is -2.28. The van der Waals surface area contributed by atoms with Gasteiger partial charge in [0.15, 0.2) is 15.7 Å². The van der Waals surface area contributed by atoms with E-state index in [-0.39, 0.29) is 45.1 Å². The number of amides is 4. The summed E-state index contributed by atoms with van der Waals surface area (Å²) in [4.78, 5) is 57.2. The van der Waals surface area contributed by atoms with Gasteiger partial charge in [0.1, 0.15) is 28.2 Å². The van der Waals surface area contributed by atoms with Gasteiger partial charge in [0, 0.05) is 36.8 Å². The molecule has 56 heavy (non-hydrogen) atoms. The zero-order chi connectivity index (χ0) is 41.4. The van der Waals surface area contributed by atoms with Gasteiger partial charge >= 0.3 is 18.3 Å². The Kier molecular flexibility index (Phi) is 11.6. The number of nitrogens with one attached hydrogen (secondary N) is 2. The predicted molar refractivity (Wildman–Crippen MR) is 205 cm³/mol. The number of fused-ring (bicyclic) bond motifs is 10. The van der Waals surface area contributed by atoms with Crippen LogP contribution in [0, 0.1) is 18.6 Å². The molecule has 3 heterocycles. The molecule has 17 heteroatoms. The number of sulfone groups is 1. The Balaban J connectivity index is 1.64. The highest BCUT2D eigenvalue weighted by molar-refractivity contribution is 7.92. The molecule has 1 aromatic heterocycles. The van der Waals surface area contributed by atoms with Crippen molar-refractivity contribution in [2.75, 3.05) is 29.2 Å². The minimum atomic E-state index is -4.24. The Morgan fingerprint density at radius 2 is 1.79 bits per heavy atom. The highest BCUT2D eigenvalue weighted by Gasteiger charge is 2.34. The second-order valence-electron chi connectivity index (χ2n) is 14.8. The van der Waals surface area contributed by atoms with Crippen molar-refractivity contribution in [2.45, 2.75) is 82.7 Å². The van der Waals surface area contributed by atoms with Crippen LogP contribution >= 0.6 is 0 Å². The number of ether oxygens (including phenoxy) is 2. The molecule has 6 rings (SSSR count). The Morgan fingerprint density at radius 1 is 1.09 bits per heavy atom. The number of hydrogen-bond acceptors (Lipinski definition) is 10. The summed E-state index contributed by atoms with van der Waals surface area (Å²) >= 11 is 0. The molecule has 0 unspecified atom stereocenters. The molecule has 0 aliphatic carbocycles. The third-order valence-corrected chi connectivity index (χ3v) is 11.3. The molecule has 2 aliphatic rings. The van der Waals surface area contributed by atoms with Crippen LogP contribution in [-0.2, 0) is 30.7 Å². The number of aromatic nitrogens is 1. The lowest BCUT2D eigenvalue weighted by atomic mass is 9.93. The number of anilines is 3. The fourth-order valence-corrected chi connectivity index (χ4v) is 7.59. The van der Waals surface area contributed by atoms with Crippen molar-refractivity contribution in [2.24, 2.45) is 0 Å². The maximum absolute atomic E-state index is 16.2. The third-order valence-electron chi connectivity index (χ3n) is 9.04. The molecule has 4 bridgehead atoms. The number of aryl methyl sites for hydroxylation is 1. The number of carbonyl (C=O) groups excluding carboxylic acids is 3. The molecular formula is C39H43F2N5O9S. The fourth-order valence-electron chi connectivity index (χ4n) is 6.30. The van der Waals surface area contributed by atoms with Gasteiger partial charge in [-0.05, 0) is 99.5 Å². The van der Waals surface area contributed by atoms with Crippen LogP contribution in [0.4, 0.5) is 40.4 Å². The average molecular weight is 796 g/mol. The van der Waals surface area contributed by atoms with E-state index < -0.39 is 79.8 Å². The largest absolute Gasteiger partial charge is 0.464 e. The quantitative estimate of drug-likeness (QED) is 0.178. The number of rotatable bonds is 5. The first-order valence-corrected chi connectivity index (χ1v) is 19.1. The summed E-state index contributed by atoms with van der Waals surface area (Å²) in [5.41, 5.74) is 0.429. The molecule has 0 spiro atoms. The van der Waals surface area contributed by atoms with E-state index in [1.807, 2.05) is 6.92 Å². The maximum Gasteiger partial charge on any atom is 0.425 e. The number of carboxylic acid groups (broad SMARTS) is 1. The van der Waals surface area contributed by atoms with Gasteiger partial charge in [-0.25, -0.2) is 36.6 Å². The molecule has 3 N–H and O–H groups in total. The number of carbonyl (C=O) groups is 4. The van der Waals surface area contributed by atoms with Crippen molar-refractivity contribution >= 4 is 62.0 Å². The number of benzene rings is 3. The van der Waals surface area contributed by atoms with Crippen molar-refractivity contribution in [3.63, 3.8) is 0 Å². The zero-order valence-electron chi connectivity index (χ0n) is 32.1. The van der Waals surface area contributed by atoms with Crippen molar-refractivity contribution in [3.8, 4) is 0 Å². The minimum absolute atomic E-state index is 0.0467. The first-order chi connectivity index (χ1) is 26.1. The van der Waals surface area contributed by atoms with Crippen LogP contribution in [0.25, 0.3) is 10.8 Å². The van der Waals surface area contributed by atoms with Crippen LogP contribution in [0.5, 0.6) is 0 Å². The zero-order valence-corrected chi connectivity index (χ0v) is 32.9. The number of nitrogens with zero attached hydrogens (tertiary/aromatic N) is 3. The van der Waals surface area contributed by atoms with Crippen LogP contribution in [0.1, 0.15) is 75.8 Å². The SMILES string of the molecule is Cc1cc2ccc1[C@@H](C)COC(=O)Nc1cc(F)c(S(=O)(=O)C(C)C)c(c1)CN(C)C(=O)[C@@H]2Nc1cc2ccnc(N(C(=O)O)C(=O)OC(C)(C)C)c2cc1F. The highest BCUT2D eigenvalue weighted by Crippen LogP contribution is 2.35.